The van der Waals surface area contributed by atoms with Crippen molar-refractivity contribution in [3.8, 4) is 5.75 Å². The van der Waals surface area contributed by atoms with Crippen LogP contribution in [0.3, 0.4) is 0 Å². The van der Waals surface area contributed by atoms with Gasteiger partial charge in [0.05, 0.1) is 12.7 Å². The first kappa shape index (κ1) is 16.7. The summed E-state index contributed by atoms with van der Waals surface area (Å²) >= 11 is 0. The Morgan fingerprint density at radius 3 is 2.81 bits per heavy atom. The lowest BCUT2D eigenvalue weighted by atomic mass is 9.88. The van der Waals surface area contributed by atoms with E-state index in [4.69, 9.17) is 10.5 Å². The summed E-state index contributed by atoms with van der Waals surface area (Å²) in [5.74, 6) is 1.17. The molecule has 2 unspecified atom stereocenters. The van der Waals surface area contributed by atoms with Crippen molar-refractivity contribution < 1.29 is 14.2 Å². The van der Waals surface area contributed by atoms with Crippen LogP contribution < -0.4 is 10.5 Å². The molecule has 1 aliphatic carbocycles. The first-order valence-electron chi connectivity index (χ1n) is 7.59. The van der Waals surface area contributed by atoms with Gasteiger partial charge in [-0.1, -0.05) is 21.4 Å². The van der Waals surface area contributed by atoms with Gasteiger partial charge < -0.3 is 15.6 Å². The number of rotatable bonds is 6. The first-order chi connectivity index (χ1) is 10.00. The highest BCUT2D eigenvalue weighted by molar-refractivity contribution is 7.18. The third kappa shape index (κ3) is 5.21. The number of hydrogen-bond acceptors (Lipinski definition) is 3. The van der Waals surface area contributed by atoms with E-state index in [0.717, 1.165) is 24.2 Å². The smallest absolute Gasteiger partial charge is 0.123 e. The number of aliphatic hydroxyl groups is 1. The van der Waals surface area contributed by atoms with Crippen molar-refractivity contribution in [3.05, 3.63) is 29.8 Å². The van der Waals surface area contributed by atoms with E-state index in [1.54, 1.807) is 0 Å². The van der Waals surface area contributed by atoms with Crippen molar-refractivity contribution in [1.29, 1.82) is 0 Å². The molecule has 0 heterocycles. The fourth-order valence-electron chi connectivity index (χ4n) is 2.67. The van der Waals surface area contributed by atoms with Crippen LogP contribution in [0, 0.1) is 5.92 Å². The van der Waals surface area contributed by atoms with Crippen molar-refractivity contribution in [3.63, 3.8) is 0 Å². The van der Waals surface area contributed by atoms with Crippen LogP contribution in [0.25, 0.3) is 0 Å². The second-order valence-electron chi connectivity index (χ2n) is 5.95. The van der Waals surface area contributed by atoms with Gasteiger partial charge >= 0.3 is 0 Å². The van der Waals surface area contributed by atoms with E-state index in [0.29, 0.717) is 38.3 Å². The molecule has 1 aliphatic rings. The van der Waals surface area contributed by atoms with Crippen LogP contribution in [-0.2, 0) is 0 Å². The number of ether oxygens (including phenoxy) is 1. The molecule has 0 amide bonds. The molecule has 0 aromatic heterocycles. The Balaban J connectivity index is 1.85. The molecular weight excluding hydrogens is 288 g/mol. The Kier molecular flexibility index (Phi) is 5.98. The van der Waals surface area contributed by atoms with Gasteiger partial charge in [0, 0.05) is 0 Å². The van der Waals surface area contributed by atoms with E-state index in [-0.39, 0.29) is 0 Å². The van der Waals surface area contributed by atoms with Crippen LogP contribution in [-0.4, -0.2) is 23.7 Å². The Morgan fingerprint density at radius 2 is 2.14 bits per heavy atom. The molecule has 1 aromatic carbocycles. The predicted molar refractivity (Wildman–Crippen MR) is 86.1 cm³/mol. The number of alkyl halides is 1. The molecule has 3 N–H and O–H groups in total. The first-order valence-corrected chi connectivity index (χ1v) is 8.16. The molecule has 1 saturated carbocycles. The van der Waals surface area contributed by atoms with Gasteiger partial charge in [-0.25, -0.2) is 4.39 Å². The van der Waals surface area contributed by atoms with Gasteiger partial charge in [0.15, 0.2) is 0 Å². The molecule has 1 fully saturated rings. The lowest BCUT2D eigenvalue weighted by molar-refractivity contribution is 0.136. The monoisotopic (exact) mass is 313 g/mol. The predicted octanol–water partition coefficient (Wildman–Crippen LogP) is 3.18. The number of hydrogen-bond donors (Lipinski definition) is 2. The summed E-state index contributed by atoms with van der Waals surface area (Å²) in [6.45, 7) is 1.06. The van der Waals surface area contributed by atoms with Crippen LogP contribution in [0.2, 0.25) is 0 Å². The molecular formula is C16H25FNO2P. The van der Waals surface area contributed by atoms with E-state index < -0.39 is 11.5 Å². The zero-order valence-electron chi connectivity index (χ0n) is 12.3. The van der Waals surface area contributed by atoms with Crippen molar-refractivity contribution in [2.45, 2.75) is 43.6 Å². The Morgan fingerprint density at radius 1 is 1.43 bits per heavy atom. The second-order valence-corrected chi connectivity index (χ2v) is 6.99. The highest BCUT2D eigenvalue weighted by Gasteiger charge is 2.30. The Bertz CT molecular complexity index is 446. The van der Waals surface area contributed by atoms with Gasteiger partial charge in [0.1, 0.15) is 11.2 Å². The third-order valence-corrected chi connectivity index (χ3v) is 4.68. The molecule has 2 rings (SSSR count). The number of aliphatic hydroxyl groups excluding tert-OH is 1. The van der Waals surface area contributed by atoms with E-state index in [9.17, 15) is 9.50 Å². The molecule has 0 bridgehead atoms. The van der Waals surface area contributed by atoms with Gasteiger partial charge in [-0.05, 0) is 62.3 Å². The van der Waals surface area contributed by atoms with E-state index in [1.807, 2.05) is 24.3 Å². The third-order valence-electron chi connectivity index (χ3n) is 4.11. The van der Waals surface area contributed by atoms with Crippen molar-refractivity contribution in [2.75, 3.05) is 13.2 Å². The molecule has 1 aromatic rings. The average molecular weight is 313 g/mol. The normalized spacial score (nSPS) is 27.3. The molecule has 0 spiro atoms. The van der Waals surface area contributed by atoms with Gasteiger partial charge in [-0.3, -0.25) is 0 Å². The highest BCUT2D eigenvalue weighted by atomic mass is 31.0. The Hall–Kier alpha value is -0.700. The van der Waals surface area contributed by atoms with E-state index in [2.05, 4.69) is 9.24 Å². The van der Waals surface area contributed by atoms with Gasteiger partial charge in [0.25, 0.3) is 0 Å². The summed E-state index contributed by atoms with van der Waals surface area (Å²) in [7, 11) is 2.32. The summed E-state index contributed by atoms with van der Waals surface area (Å²) in [5.41, 5.74) is 6.29. The fraction of sp³-hybridized carbons (Fsp3) is 0.625. The molecule has 0 radical (unpaired) electrons. The molecule has 0 aliphatic heterocycles. The van der Waals surface area contributed by atoms with Crippen molar-refractivity contribution in [2.24, 2.45) is 11.7 Å². The summed E-state index contributed by atoms with van der Waals surface area (Å²) < 4.78 is 19.5. The van der Waals surface area contributed by atoms with Gasteiger partial charge in [-0.15, -0.1) is 0 Å². The van der Waals surface area contributed by atoms with Crippen LogP contribution in [0.1, 0.15) is 43.8 Å². The maximum absolute atomic E-state index is 13.7. The lowest BCUT2D eigenvalue weighted by Crippen LogP contribution is -2.26. The number of nitrogens with two attached hydrogens (primary N) is 1. The molecule has 0 saturated heterocycles. The second kappa shape index (κ2) is 7.53. The summed E-state index contributed by atoms with van der Waals surface area (Å²) in [5, 5.41) is 8.86. The van der Waals surface area contributed by atoms with E-state index in [1.165, 1.54) is 0 Å². The van der Waals surface area contributed by atoms with Crippen LogP contribution in [0.5, 0.6) is 5.75 Å². The largest absolute Gasteiger partial charge is 0.493 e. The molecule has 118 valence electrons. The number of halogens is 1. The summed E-state index contributed by atoms with van der Waals surface area (Å²) in [6, 6.07) is 7.50. The highest BCUT2D eigenvalue weighted by Crippen LogP contribution is 2.39. The van der Waals surface area contributed by atoms with Crippen molar-refractivity contribution in [1.82, 2.24) is 0 Å². The average Bonchev–Trinajstić information content (AvgIpc) is 2.47. The van der Waals surface area contributed by atoms with Crippen LogP contribution in [0.15, 0.2) is 24.3 Å². The minimum absolute atomic E-state index is 0.409. The standard InChI is InChI=1S/C16H25FNO2P/c17-16(21)7-4-12(5-8-16)11-20-14-3-1-2-13(10-14)15(19)6-9-18/h1-3,10,12,15,19H,4-9,11,18,21H2. The SMILES string of the molecule is NCCC(O)c1cccc(OCC2CCC(F)(P)CC2)c1. The number of benzene rings is 1. The van der Waals surface area contributed by atoms with Crippen LogP contribution >= 0.6 is 9.24 Å². The molecule has 5 heteroatoms. The lowest BCUT2D eigenvalue weighted by Gasteiger charge is -2.30. The van der Waals surface area contributed by atoms with Gasteiger partial charge in [0.2, 0.25) is 0 Å². The maximum Gasteiger partial charge on any atom is 0.123 e. The zero-order chi connectivity index (χ0) is 15.3. The summed E-state index contributed by atoms with van der Waals surface area (Å²) in [6.07, 6.45) is 2.88. The molecule has 3 nitrogen and oxygen atoms in total. The quantitative estimate of drug-likeness (QED) is 0.793. The summed E-state index contributed by atoms with van der Waals surface area (Å²) in [4.78, 5) is 0. The molecule has 21 heavy (non-hydrogen) atoms. The van der Waals surface area contributed by atoms with Crippen LogP contribution in [0.4, 0.5) is 4.39 Å². The minimum Gasteiger partial charge on any atom is -0.493 e. The van der Waals surface area contributed by atoms with Gasteiger partial charge in [-0.2, -0.15) is 0 Å². The molecule has 2 atom stereocenters. The maximum atomic E-state index is 13.7. The van der Waals surface area contributed by atoms with Crippen molar-refractivity contribution >= 4 is 9.24 Å². The Labute approximate surface area is 128 Å². The zero-order valence-corrected chi connectivity index (χ0v) is 13.5. The van der Waals surface area contributed by atoms with E-state index >= 15 is 0 Å². The fourth-order valence-corrected chi connectivity index (χ4v) is 3.01. The topological polar surface area (TPSA) is 55.5 Å². The minimum atomic E-state index is -1.08.